The Morgan fingerprint density at radius 2 is 1.08 bits per heavy atom. The van der Waals surface area contributed by atoms with Gasteiger partial charge in [-0.2, -0.15) is 0 Å². The zero-order chi connectivity index (χ0) is 32.3. The summed E-state index contributed by atoms with van der Waals surface area (Å²) in [6.07, 6.45) is 0. The fraction of sp³-hybridized carbons (Fsp3) is 0. The standard InChI is InChI=1S/C46H31N3/c1-3-13-34(14-4-1)48(37-26-27-39-38-17-7-8-20-44(38)49(45(39)30-37)35-15-5-2-6-16-35)36-24-21-31(22-25-36)33-23-28-42-41(29-33)40-18-9-11-32-12-10-19-43(47-42)46(32)40/h1-30,47H. The summed E-state index contributed by atoms with van der Waals surface area (Å²) in [7, 11) is 0. The van der Waals surface area contributed by atoms with Crippen molar-refractivity contribution in [1.29, 1.82) is 0 Å². The van der Waals surface area contributed by atoms with Crippen molar-refractivity contribution in [3.05, 3.63) is 182 Å². The minimum atomic E-state index is 1.11. The molecule has 10 rings (SSSR count). The highest BCUT2D eigenvalue weighted by atomic mass is 15.1. The van der Waals surface area contributed by atoms with Crippen molar-refractivity contribution in [2.45, 2.75) is 0 Å². The Hall–Kier alpha value is -6.58. The van der Waals surface area contributed by atoms with Crippen LogP contribution in [0.3, 0.4) is 0 Å². The SMILES string of the molecule is c1ccc(N(c2ccc(-c3ccc4c(c3)-c3cccc5cccc(c35)N4)cc2)c2ccc3c4ccccc4n(-c4ccccc4)c3c2)cc1. The Bertz CT molecular complexity index is 2670. The molecule has 1 aliphatic heterocycles. The van der Waals surface area contributed by atoms with Gasteiger partial charge in [-0.3, -0.25) is 0 Å². The van der Waals surface area contributed by atoms with Crippen LogP contribution in [0.15, 0.2) is 182 Å². The summed E-state index contributed by atoms with van der Waals surface area (Å²) in [4.78, 5) is 2.35. The molecule has 0 spiro atoms. The molecule has 3 heteroatoms. The van der Waals surface area contributed by atoms with Gasteiger partial charge in [-0.05, 0) is 94.9 Å². The smallest absolute Gasteiger partial charge is 0.0561 e. The van der Waals surface area contributed by atoms with Crippen molar-refractivity contribution in [2.24, 2.45) is 0 Å². The first-order valence-corrected chi connectivity index (χ1v) is 16.8. The maximum Gasteiger partial charge on any atom is 0.0561 e. The van der Waals surface area contributed by atoms with Gasteiger partial charge < -0.3 is 14.8 Å². The molecule has 0 amide bonds. The number of rotatable bonds is 5. The molecule has 1 N–H and O–H groups in total. The van der Waals surface area contributed by atoms with Gasteiger partial charge >= 0.3 is 0 Å². The molecule has 3 nitrogen and oxygen atoms in total. The molecule has 1 aliphatic rings. The summed E-state index contributed by atoms with van der Waals surface area (Å²) in [5.41, 5.74) is 14.1. The molecule has 9 aromatic rings. The van der Waals surface area contributed by atoms with E-state index >= 15 is 0 Å². The number of anilines is 5. The van der Waals surface area contributed by atoms with Crippen molar-refractivity contribution in [2.75, 3.05) is 10.2 Å². The van der Waals surface area contributed by atoms with E-state index in [0.29, 0.717) is 0 Å². The number of fused-ring (bicyclic) bond motifs is 5. The first-order valence-electron chi connectivity index (χ1n) is 16.8. The van der Waals surface area contributed by atoms with Gasteiger partial charge in [0.25, 0.3) is 0 Å². The van der Waals surface area contributed by atoms with Gasteiger partial charge in [-0.1, -0.05) is 109 Å². The van der Waals surface area contributed by atoms with Gasteiger partial charge in [-0.25, -0.2) is 0 Å². The van der Waals surface area contributed by atoms with Crippen LogP contribution in [-0.4, -0.2) is 4.57 Å². The molecule has 1 aromatic heterocycles. The van der Waals surface area contributed by atoms with Crippen LogP contribution in [0.5, 0.6) is 0 Å². The number of hydrogen-bond donors (Lipinski definition) is 1. The van der Waals surface area contributed by atoms with Crippen molar-refractivity contribution in [3.63, 3.8) is 0 Å². The van der Waals surface area contributed by atoms with Crippen LogP contribution >= 0.6 is 0 Å². The summed E-state index contributed by atoms with van der Waals surface area (Å²) >= 11 is 0. The van der Waals surface area contributed by atoms with E-state index in [2.05, 4.69) is 197 Å². The lowest BCUT2D eigenvalue weighted by Crippen LogP contribution is -2.10. The molecule has 2 heterocycles. The molecule has 230 valence electrons. The van der Waals surface area contributed by atoms with Gasteiger partial charge in [0.05, 0.1) is 11.0 Å². The first kappa shape index (κ1) is 27.5. The van der Waals surface area contributed by atoms with Crippen molar-refractivity contribution < 1.29 is 0 Å². The highest BCUT2D eigenvalue weighted by Crippen LogP contribution is 2.45. The quantitative estimate of drug-likeness (QED) is 0.205. The van der Waals surface area contributed by atoms with E-state index in [-0.39, 0.29) is 0 Å². The monoisotopic (exact) mass is 625 g/mol. The van der Waals surface area contributed by atoms with E-state index in [1.54, 1.807) is 0 Å². The Morgan fingerprint density at radius 3 is 1.92 bits per heavy atom. The molecule has 0 unspecified atom stereocenters. The predicted octanol–water partition coefficient (Wildman–Crippen LogP) is 12.8. The van der Waals surface area contributed by atoms with Crippen LogP contribution in [0.1, 0.15) is 0 Å². The molecule has 0 saturated heterocycles. The third-order valence-electron chi connectivity index (χ3n) is 9.89. The number of nitrogens with zero attached hydrogens (tertiary/aromatic N) is 2. The fourth-order valence-electron chi connectivity index (χ4n) is 7.65. The summed E-state index contributed by atoms with van der Waals surface area (Å²) in [6.45, 7) is 0. The maximum absolute atomic E-state index is 3.67. The number of hydrogen-bond acceptors (Lipinski definition) is 2. The lowest BCUT2D eigenvalue weighted by Gasteiger charge is -2.26. The van der Waals surface area contributed by atoms with E-state index in [4.69, 9.17) is 0 Å². The Morgan fingerprint density at radius 1 is 0.408 bits per heavy atom. The van der Waals surface area contributed by atoms with Crippen molar-refractivity contribution >= 4 is 61.0 Å². The van der Waals surface area contributed by atoms with Crippen molar-refractivity contribution in [3.8, 4) is 27.9 Å². The van der Waals surface area contributed by atoms with Gasteiger partial charge in [-0.15, -0.1) is 0 Å². The lowest BCUT2D eigenvalue weighted by molar-refractivity contribution is 1.18. The summed E-state index contributed by atoms with van der Waals surface area (Å²) in [5.74, 6) is 0. The predicted molar refractivity (Wildman–Crippen MR) is 207 cm³/mol. The van der Waals surface area contributed by atoms with E-state index in [0.717, 1.165) is 28.4 Å². The minimum absolute atomic E-state index is 1.11. The Balaban J connectivity index is 1.09. The fourth-order valence-corrected chi connectivity index (χ4v) is 7.65. The molecular formula is C46H31N3. The molecule has 0 fully saturated rings. The molecule has 0 aliphatic carbocycles. The zero-order valence-corrected chi connectivity index (χ0v) is 26.7. The molecular weight excluding hydrogens is 595 g/mol. The average Bonchev–Trinajstić information content (AvgIpc) is 3.50. The summed E-state index contributed by atoms with van der Waals surface area (Å²) in [5, 5.41) is 8.71. The number of benzene rings is 8. The highest BCUT2D eigenvalue weighted by Gasteiger charge is 2.20. The Labute approximate surface area is 284 Å². The third kappa shape index (κ3) is 4.44. The molecule has 0 atom stereocenters. The third-order valence-corrected chi connectivity index (χ3v) is 9.89. The normalized spacial score (nSPS) is 11.8. The van der Waals surface area contributed by atoms with Crippen molar-refractivity contribution in [1.82, 2.24) is 4.57 Å². The molecule has 49 heavy (non-hydrogen) atoms. The second kappa shape index (κ2) is 11.0. The summed E-state index contributed by atoms with van der Waals surface area (Å²) in [6, 6.07) is 65.7. The zero-order valence-electron chi connectivity index (χ0n) is 26.7. The van der Waals surface area contributed by atoms with Crippen LogP contribution in [0.2, 0.25) is 0 Å². The highest BCUT2D eigenvalue weighted by molar-refractivity contribution is 6.12. The first-order chi connectivity index (χ1) is 24.3. The van der Waals surface area contributed by atoms with Gasteiger partial charge in [0.2, 0.25) is 0 Å². The van der Waals surface area contributed by atoms with Crippen LogP contribution < -0.4 is 10.2 Å². The van der Waals surface area contributed by atoms with E-state index < -0.39 is 0 Å². The minimum Gasteiger partial charge on any atom is -0.354 e. The lowest BCUT2D eigenvalue weighted by atomic mass is 9.90. The van der Waals surface area contributed by atoms with Crippen LogP contribution in [0, 0.1) is 0 Å². The second-order valence-corrected chi connectivity index (χ2v) is 12.7. The number of para-hydroxylation sites is 3. The average molecular weight is 626 g/mol. The van der Waals surface area contributed by atoms with Gasteiger partial charge in [0.1, 0.15) is 0 Å². The van der Waals surface area contributed by atoms with Gasteiger partial charge in [0.15, 0.2) is 0 Å². The largest absolute Gasteiger partial charge is 0.354 e. The Kier molecular flexibility index (Phi) is 6.18. The van der Waals surface area contributed by atoms with E-state index in [1.165, 1.54) is 60.5 Å². The maximum atomic E-state index is 3.67. The molecule has 0 radical (unpaired) electrons. The van der Waals surface area contributed by atoms with Crippen LogP contribution in [0.4, 0.5) is 28.4 Å². The summed E-state index contributed by atoms with van der Waals surface area (Å²) < 4.78 is 2.38. The number of aromatic nitrogens is 1. The topological polar surface area (TPSA) is 20.2 Å². The van der Waals surface area contributed by atoms with Crippen LogP contribution in [-0.2, 0) is 0 Å². The molecule has 0 saturated carbocycles. The van der Waals surface area contributed by atoms with E-state index in [9.17, 15) is 0 Å². The second-order valence-electron chi connectivity index (χ2n) is 12.7. The van der Waals surface area contributed by atoms with E-state index in [1.807, 2.05) is 0 Å². The van der Waals surface area contributed by atoms with Gasteiger partial charge in [0, 0.05) is 55.8 Å². The van der Waals surface area contributed by atoms with Crippen LogP contribution in [0.25, 0.3) is 60.5 Å². The molecule has 8 aromatic carbocycles. The number of nitrogens with one attached hydrogen (secondary N) is 1. The molecule has 0 bridgehead atoms.